The van der Waals surface area contributed by atoms with E-state index in [1.165, 1.54) is 6.20 Å². The smallest absolute Gasteiger partial charge is 0.375 e. The van der Waals surface area contributed by atoms with Crippen LogP contribution in [0.4, 0.5) is 18.3 Å². The first-order chi connectivity index (χ1) is 9.36. The number of anilines is 1. The van der Waals surface area contributed by atoms with Gasteiger partial charge in [0.05, 0.1) is 6.20 Å². The van der Waals surface area contributed by atoms with Crippen molar-refractivity contribution in [1.29, 1.82) is 0 Å². The van der Waals surface area contributed by atoms with Gasteiger partial charge in [-0.05, 0) is 0 Å². The predicted octanol–water partition coefficient (Wildman–Crippen LogP) is 1.10. The first-order valence-corrected chi connectivity index (χ1v) is 6.07. The standard InChI is InChI=1S/C9H8F3N5O2S/c10-9(11,12)7-16-5(17-19-7)1-2-14-6(18)4-3-15-8(13)20-4/h3H,1-2H2,(H2,13,15)(H,14,18). The summed E-state index contributed by atoms with van der Waals surface area (Å²) in [6, 6.07) is 0. The summed E-state index contributed by atoms with van der Waals surface area (Å²) >= 11 is 1.01. The highest BCUT2D eigenvalue weighted by atomic mass is 32.1. The van der Waals surface area contributed by atoms with Gasteiger partial charge in [0.1, 0.15) is 4.88 Å². The van der Waals surface area contributed by atoms with E-state index in [1.807, 2.05) is 0 Å². The van der Waals surface area contributed by atoms with E-state index in [0.29, 0.717) is 4.88 Å². The molecule has 1 amide bonds. The molecule has 20 heavy (non-hydrogen) atoms. The molecule has 108 valence electrons. The molecule has 0 radical (unpaired) electrons. The van der Waals surface area contributed by atoms with Crippen LogP contribution in [0.5, 0.6) is 0 Å². The van der Waals surface area contributed by atoms with Crippen molar-refractivity contribution in [2.45, 2.75) is 12.6 Å². The summed E-state index contributed by atoms with van der Waals surface area (Å²) in [4.78, 5) is 18.8. The van der Waals surface area contributed by atoms with Crippen LogP contribution >= 0.6 is 11.3 Å². The van der Waals surface area contributed by atoms with Gasteiger partial charge in [-0.3, -0.25) is 4.79 Å². The number of carbonyl (C=O) groups excluding carboxylic acids is 1. The number of alkyl halides is 3. The number of amides is 1. The summed E-state index contributed by atoms with van der Waals surface area (Å²) in [6.07, 6.45) is -3.35. The van der Waals surface area contributed by atoms with E-state index in [2.05, 4.69) is 25.0 Å². The molecule has 0 atom stereocenters. The number of nitrogen functional groups attached to an aromatic ring is 1. The Balaban J connectivity index is 1.84. The fourth-order valence-corrected chi connectivity index (χ4v) is 1.84. The molecule has 2 heterocycles. The molecule has 0 aliphatic heterocycles. The molecule has 0 aromatic carbocycles. The summed E-state index contributed by atoms with van der Waals surface area (Å²) in [5.74, 6) is -1.96. The van der Waals surface area contributed by atoms with Gasteiger partial charge in [-0.1, -0.05) is 16.5 Å². The molecule has 0 saturated carbocycles. The Hall–Kier alpha value is -2.17. The number of nitrogens with zero attached hydrogens (tertiary/aromatic N) is 3. The van der Waals surface area contributed by atoms with Crippen molar-refractivity contribution in [3.05, 3.63) is 22.8 Å². The number of thiazole rings is 1. The van der Waals surface area contributed by atoms with E-state index in [1.54, 1.807) is 0 Å². The maximum Gasteiger partial charge on any atom is 0.471 e. The number of hydrogen-bond acceptors (Lipinski definition) is 7. The van der Waals surface area contributed by atoms with Gasteiger partial charge < -0.3 is 15.6 Å². The van der Waals surface area contributed by atoms with Crippen LogP contribution < -0.4 is 11.1 Å². The van der Waals surface area contributed by atoms with Crippen molar-refractivity contribution in [2.24, 2.45) is 0 Å². The second-order valence-electron chi connectivity index (χ2n) is 3.58. The fraction of sp³-hybridized carbons (Fsp3) is 0.333. The van der Waals surface area contributed by atoms with E-state index in [9.17, 15) is 18.0 Å². The number of aromatic nitrogens is 3. The van der Waals surface area contributed by atoms with E-state index in [4.69, 9.17) is 5.73 Å². The Morgan fingerprint density at radius 2 is 2.25 bits per heavy atom. The highest BCUT2D eigenvalue weighted by Gasteiger charge is 2.38. The minimum Gasteiger partial charge on any atom is -0.375 e. The monoisotopic (exact) mass is 307 g/mol. The molecule has 11 heteroatoms. The van der Waals surface area contributed by atoms with Crippen molar-refractivity contribution < 1.29 is 22.5 Å². The summed E-state index contributed by atoms with van der Waals surface area (Å²) in [7, 11) is 0. The normalized spacial score (nSPS) is 11.6. The average molecular weight is 307 g/mol. The van der Waals surface area contributed by atoms with Gasteiger partial charge in [0.25, 0.3) is 5.91 Å². The van der Waals surface area contributed by atoms with Crippen molar-refractivity contribution in [1.82, 2.24) is 20.4 Å². The van der Waals surface area contributed by atoms with Gasteiger partial charge in [-0.2, -0.15) is 18.2 Å². The van der Waals surface area contributed by atoms with E-state index >= 15 is 0 Å². The van der Waals surface area contributed by atoms with Gasteiger partial charge in [-0.25, -0.2) is 4.98 Å². The summed E-state index contributed by atoms with van der Waals surface area (Å²) in [6.45, 7) is 0.0630. The van der Waals surface area contributed by atoms with Gasteiger partial charge in [0, 0.05) is 13.0 Å². The van der Waals surface area contributed by atoms with E-state index in [0.717, 1.165) is 11.3 Å². The zero-order chi connectivity index (χ0) is 14.8. The minimum atomic E-state index is -4.67. The predicted molar refractivity (Wildman–Crippen MR) is 61.9 cm³/mol. The number of hydrogen-bond donors (Lipinski definition) is 2. The fourth-order valence-electron chi connectivity index (χ4n) is 1.24. The second-order valence-corrected chi connectivity index (χ2v) is 4.64. The Kier molecular flexibility index (Phi) is 3.88. The lowest BCUT2D eigenvalue weighted by atomic mass is 10.4. The molecular weight excluding hydrogens is 299 g/mol. The molecular formula is C9H8F3N5O2S. The zero-order valence-electron chi connectivity index (χ0n) is 9.77. The van der Waals surface area contributed by atoms with Crippen LogP contribution in [0.15, 0.2) is 10.7 Å². The van der Waals surface area contributed by atoms with Crippen molar-refractivity contribution in [2.75, 3.05) is 12.3 Å². The minimum absolute atomic E-state index is 0.0135. The van der Waals surface area contributed by atoms with Gasteiger partial charge >= 0.3 is 12.1 Å². The molecule has 2 aromatic heterocycles. The zero-order valence-corrected chi connectivity index (χ0v) is 10.6. The number of nitrogens with two attached hydrogens (primary N) is 1. The molecule has 0 unspecified atom stereocenters. The largest absolute Gasteiger partial charge is 0.471 e. The first kappa shape index (κ1) is 14.2. The lowest BCUT2D eigenvalue weighted by Crippen LogP contribution is -2.25. The van der Waals surface area contributed by atoms with Gasteiger partial charge in [-0.15, -0.1) is 0 Å². The molecule has 3 N–H and O–H groups in total. The van der Waals surface area contributed by atoms with Crippen molar-refractivity contribution in [3.63, 3.8) is 0 Å². The van der Waals surface area contributed by atoms with Crippen LogP contribution in [-0.2, 0) is 12.6 Å². The third-order valence-electron chi connectivity index (χ3n) is 2.09. The Morgan fingerprint density at radius 1 is 1.50 bits per heavy atom. The van der Waals surface area contributed by atoms with Crippen molar-refractivity contribution >= 4 is 22.4 Å². The summed E-state index contributed by atoms with van der Waals surface area (Å²) in [5, 5.41) is 5.90. The van der Waals surface area contributed by atoms with Crippen LogP contribution in [0.25, 0.3) is 0 Å². The topological polar surface area (TPSA) is 107 Å². The first-order valence-electron chi connectivity index (χ1n) is 5.25. The number of halogens is 3. The number of carbonyl (C=O) groups is 1. The third kappa shape index (κ3) is 3.44. The SMILES string of the molecule is Nc1ncc(C(=O)NCCc2noc(C(F)(F)F)n2)s1. The Bertz CT molecular complexity index is 609. The van der Waals surface area contributed by atoms with Crippen LogP contribution in [0.1, 0.15) is 21.4 Å². The maximum atomic E-state index is 12.2. The maximum absolute atomic E-state index is 12.2. The highest BCUT2D eigenvalue weighted by molar-refractivity contribution is 7.17. The van der Waals surface area contributed by atoms with Crippen molar-refractivity contribution in [3.8, 4) is 0 Å². The highest BCUT2D eigenvalue weighted by Crippen LogP contribution is 2.27. The molecule has 0 fully saturated rings. The third-order valence-corrected chi connectivity index (χ3v) is 2.92. The van der Waals surface area contributed by atoms with Crippen LogP contribution in [0, 0.1) is 0 Å². The summed E-state index contributed by atoms with van der Waals surface area (Å²) in [5.41, 5.74) is 5.37. The van der Waals surface area contributed by atoms with E-state index in [-0.39, 0.29) is 23.9 Å². The molecule has 0 aliphatic carbocycles. The second kappa shape index (κ2) is 5.45. The summed E-state index contributed by atoms with van der Waals surface area (Å²) < 4.78 is 40.6. The molecule has 7 nitrogen and oxygen atoms in total. The number of nitrogens with one attached hydrogen (secondary N) is 1. The van der Waals surface area contributed by atoms with Crippen LogP contribution in [0.2, 0.25) is 0 Å². The molecule has 0 aliphatic rings. The lowest BCUT2D eigenvalue weighted by Gasteiger charge is -2.00. The average Bonchev–Trinajstić information content (AvgIpc) is 2.97. The quantitative estimate of drug-likeness (QED) is 0.876. The Labute approximate surface area is 114 Å². The molecule has 0 saturated heterocycles. The van der Waals surface area contributed by atoms with Gasteiger partial charge in [0.2, 0.25) is 0 Å². The van der Waals surface area contributed by atoms with Crippen LogP contribution in [0.3, 0.4) is 0 Å². The molecule has 2 rings (SSSR count). The van der Waals surface area contributed by atoms with Gasteiger partial charge in [0.15, 0.2) is 11.0 Å². The Morgan fingerprint density at radius 3 is 2.80 bits per heavy atom. The van der Waals surface area contributed by atoms with E-state index < -0.39 is 18.0 Å². The number of rotatable bonds is 4. The molecule has 0 bridgehead atoms. The lowest BCUT2D eigenvalue weighted by molar-refractivity contribution is -0.159. The molecule has 2 aromatic rings. The van der Waals surface area contributed by atoms with Crippen LogP contribution in [-0.4, -0.2) is 27.6 Å². The molecule has 0 spiro atoms.